The maximum atomic E-state index is 5.52. The van der Waals surface area contributed by atoms with Gasteiger partial charge in [-0.15, -0.1) is 34.0 Å². The molecule has 0 aliphatic rings. The number of oxazole rings is 1. The summed E-state index contributed by atoms with van der Waals surface area (Å²) < 4.78 is 15.9. The van der Waals surface area contributed by atoms with Crippen molar-refractivity contribution in [2.75, 3.05) is 0 Å². The molecule has 2 N–H and O–H groups in total. The van der Waals surface area contributed by atoms with Crippen LogP contribution in [0.5, 0.6) is 0 Å². The average molecular weight is 2060 g/mol. The SMILES string of the molecule is CC(C)c1ccccn1.CC(C)c1cccnc1.CC(C)c1cccnn1.CC(C)c1ccncc1.CC(C)c1ccncc1.CC(C)c1ccncn1.CC(C)c1nc2ccccc2o1.CC(C)c1nc2ccccc2s1.CC(C)c1ncc[nH]1.CC(C)c1ncc[nH]1.CC(C)c1ncccn1.CC(C)c1nccs1.CC(C)c1ncnc2ccsc12.CC(C)c1ncns1.CC(C)n1cccn1.CC(C)n1ccnc1. The predicted octanol–water partition coefficient (Wildman–Crippen LogP) is 32.7. The maximum Gasteiger partial charge on any atom is 0.198 e. The van der Waals surface area contributed by atoms with Gasteiger partial charge in [-0.05, 0) is 206 Å². The molecule has 19 aromatic rings. The van der Waals surface area contributed by atoms with Gasteiger partial charge in [0.15, 0.2) is 11.5 Å². The summed E-state index contributed by atoms with van der Waals surface area (Å²) in [6.07, 6.45) is 43.1. The van der Waals surface area contributed by atoms with Crippen molar-refractivity contribution in [2.24, 2.45) is 0 Å². The van der Waals surface area contributed by atoms with Gasteiger partial charge in [0, 0.05) is 194 Å². The predicted molar refractivity (Wildman–Crippen MR) is 616 cm³/mol. The molecule has 26 nitrogen and oxygen atoms in total. The highest BCUT2D eigenvalue weighted by Crippen LogP contribution is 2.29. The Kier molecular flexibility index (Phi) is 62.5. The molecule has 0 saturated carbocycles. The third-order valence-electron chi connectivity index (χ3n) is 20.4. The largest absolute Gasteiger partial charge is 0.440 e. The lowest BCUT2D eigenvalue weighted by Gasteiger charge is -2.03. The molecule has 0 bridgehead atoms. The number of hydrogen-bond acceptors (Lipinski definition) is 26. The van der Waals surface area contributed by atoms with Crippen LogP contribution in [0.25, 0.3) is 31.5 Å². The molecule has 0 unspecified atom stereocenters. The van der Waals surface area contributed by atoms with Crippen molar-refractivity contribution in [3.63, 3.8) is 0 Å². The Morgan fingerprint density at radius 3 is 1.23 bits per heavy atom. The number of benzene rings is 2. The number of thiazole rings is 2. The number of fused-ring (bicyclic) bond motifs is 3. The molecular formula is C117H163N25OS4. The highest BCUT2D eigenvalue weighted by atomic mass is 32.1. The van der Waals surface area contributed by atoms with Crippen molar-refractivity contribution >= 4 is 77.1 Å². The van der Waals surface area contributed by atoms with Crippen LogP contribution in [0.2, 0.25) is 0 Å². The smallest absolute Gasteiger partial charge is 0.198 e. The number of para-hydroxylation sites is 3. The highest BCUT2D eigenvalue weighted by molar-refractivity contribution is 7.18. The molecule has 0 fully saturated rings. The van der Waals surface area contributed by atoms with Crippen LogP contribution in [0.15, 0.2) is 304 Å². The molecule has 0 aliphatic heterocycles. The van der Waals surface area contributed by atoms with Gasteiger partial charge in [-0.2, -0.15) is 19.7 Å². The molecule has 0 aliphatic carbocycles. The zero-order valence-electron chi connectivity index (χ0n) is 92.9. The maximum absolute atomic E-state index is 5.52. The summed E-state index contributed by atoms with van der Waals surface area (Å²) in [6.45, 7) is 68.1. The zero-order valence-corrected chi connectivity index (χ0v) is 96.1. The number of H-pyrrole nitrogens is 2. The van der Waals surface area contributed by atoms with E-state index in [0.29, 0.717) is 94.9 Å². The number of aromatic nitrogens is 25. The van der Waals surface area contributed by atoms with Gasteiger partial charge >= 0.3 is 0 Å². The second kappa shape index (κ2) is 72.9. The van der Waals surface area contributed by atoms with E-state index in [2.05, 4.69) is 370 Å². The first kappa shape index (κ1) is 126. The molecular weight excluding hydrogens is 1900 g/mol. The zero-order chi connectivity index (χ0) is 108. The van der Waals surface area contributed by atoms with Gasteiger partial charge in [-0.3, -0.25) is 24.6 Å². The minimum atomic E-state index is 0.359. The van der Waals surface area contributed by atoms with Crippen LogP contribution in [-0.2, 0) is 0 Å². The molecule has 0 spiro atoms. The van der Waals surface area contributed by atoms with Crippen LogP contribution < -0.4 is 0 Å². The summed E-state index contributed by atoms with van der Waals surface area (Å²) in [5.74, 6) is 11.2. The van der Waals surface area contributed by atoms with E-state index in [1.54, 1.807) is 109 Å². The first-order chi connectivity index (χ1) is 70.3. The van der Waals surface area contributed by atoms with E-state index in [1.165, 1.54) is 47.6 Å². The fourth-order valence-corrected chi connectivity index (χ4v) is 14.7. The lowest BCUT2D eigenvalue weighted by Crippen LogP contribution is -1.99. The van der Waals surface area contributed by atoms with Gasteiger partial charge < -0.3 is 19.0 Å². The minimum Gasteiger partial charge on any atom is -0.440 e. The van der Waals surface area contributed by atoms with Crippen LogP contribution in [0, 0.1) is 0 Å². The van der Waals surface area contributed by atoms with E-state index in [-0.39, 0.29) is 0 Å². The normalized spacial score (nSPS) is 10.5. The quantitative estimate of drug-likeness (QED) is 0.0907. The van der Waals surface area contributed by atoms with Gasteiger partial charge in [-0.1, -0.05) is 230 Å². The Morgan fingerprint density at radius 2 is 0.878 bits per heavy atom. The molecule has 0 radical (unpaired) electrons. The fraction of sp³-hybridized carbons (Fsp3) is 0.410. The number of imidazole rings is 3. The molecule has 0 atom stereocenters. The van der Waals surface area contributed by atoms with Crippen LogP contribution in [0.3, 0.4) is 0 Å². The standard InChI is InChI=1S/C10H11NO.C10H11NS.C9H10N2S.4C8H11N.3C7H10N2.4C6H10N2.C6H9NS.C5H8N2S/c2*1-7(2)10-11-8-5-3-4-6-9(8)12-10;1-6(2)8-9-7(3-4-12-9)10-5-11-8;2*1-7(2)8-3-5-9-6-4-8;1-7(2)8-4-3-5-9-6-8;1-7(2)8-5-3-4-6-9-8;1-6(2)7-3-4-8-5-9-7;1-6(2)7-8-4-3-5-9-7;1-6(2)7-4-3-5-8-9-7;1-6(2)8-4-3-7-5-8;1-6(2)8-5-3-4-7-8;3*1-5(2)6-7-3-4-8-6;1-4(2)5-6-3-7-8-5/h2*3-7H,1-2H3;3-6H,1-2H3;4*3-7H,1-2H3;3*3-6H,1-2H3;2*3-6H,1-2H3;2*3-5H,1-2H3,(H,7,8);3-5H,1-2H3;3-4H,1-2H3. The van der Waals surface area contributed by atoms with Crippen molar-refractivity contribution in [1.82, 2.24) is 124 Å². The van der Waals surface area contributed by atoms with Crippen molar-refractivity contribution in [3.05, 3.63) is 377 Å². The van der Waals surface area contributed by atoms with Crippen molar-refractivity contribution in [1.29, 1.82) is 0 Å². The number of pyridine rings is 4. The summed E-state index contributed by atoms with van der Waals surface area (Å²) in [4.78, 5) is 75.6. The van der Waals surface area contributed by atoms with Gasteiger partial charge in [0.05, 0.1) is 48.2 Å². The minimum absolute atomic E-state index is 0.359. The third-order valence-corrected chi connectivity index (χ3v) is 24.7. The summed E-state index contributed by atoms with van der Waals surface area (Å²) in [6, 6.07) is 47.0. The molecule has 30 heteroatoms. The summed E-state index contributed by atoms with van der Waals surface area (Å²) in [5.41, 5.74) is 12.5. The van der Waals surface area contributed by atoms with E-state index in [9.17, 15) is 0 Å². The molecule has 786 valence electrons. The Labute approximate surface area is 892 Å². The summed E-state index contributed by atoms with van der Waals surface area (Å²) in [7, 11) is 0. The number of nitrogens with zero attached hydrogens (tertiary/aromatic N) is 23. The molecule has 2 aromatic carbocycles. The Hall–Kier alpha value is -13.3. The summed E-state index contributed by atoms with van der Waals surface area (Å²) in [5, 5.41) is 19.4. The third kappa shape index (κ3) is 53.1. The van der Waals surface area contributed by atoms with Crippen LogP contribution in [-0.4, -0.2) is 124 Å². The van der Waals surface area contributed by atoms with Crippen molar-refractivity contribution in [2.45, 2.75) is 316 Å². The first-order valence-corrected chi connectivity index (χ1v) is 54.1. The number of rotatable bonds is 16. The van der Waals surface area contributed by atoms with E-state index in [1.807, 2.05) is 200 Å². The second-order valence-corrected chi connectivity index (χ2v) is 42.1. The Morgan fingerprint density at radius 1 is 0.313 bits per heavy atom. The van der Waals surface area contributed by atoms with E-state index in [4.69, 9.17) is 4.42 Å². The lowest BCUT2D eigenvalue weighted by atomic mass is 10.1. The average Bonchev–Trinajstić information content (AvgIpc) is 1.70. The number of aromatic amines is 2. The molecule has 0 saturated heterocycles. The van der Waals surface area contributed by atoms with Crippen LogP contribution >= 0.6 is 45.5 Å². The van der Waals surface area contributed by atoms with Crippen LogP contribution in [0.4, 0.5) is 0 Å². The van der Waals surface area contributed by atoms with Gasteiger partial charge in [0.1, 0.15) is 47.0 Å². The Balaban J connectivity index is 0.000000327. The van der Waals surface area contributed by atoms with Crippen molar-refractivity contribution in [3.8, 4) is 0 Å². The fourth-order valence-electron chi connectivity index (χ4n) is 11.6. The first-order valence-electron chi connectivity index (χ1n) is 50.7. The van der Waals surface area contributed by atoms with Crippen LogP contribution in [0.1, 0.15) is 394 Å². The molecule has 147 heavy (non-hydrogen) atoms. The monoisotopic (exact) mass is 2060 g/mol. The number of nitrogens with one attached hydrogen (secondary N) is 2. The van der Waals surface area contributed by atoms with E-state index < -0.39 is 0 Å². The second-order valence-electron chi connectivity index (χ2n) is 38.4. The van der Waals surface area contributed by atoms with Gasteiger partial charge in [0.25, 0.3) is 0 Å². The molecule has 17 heterocycles. The van der Waals surface area contributed by atoms with E-state index >= 15 is 0 Å². The lowest BCUT2D eigenvalue weighted by molar-refractivity contribution is 0.501. The summed E-state index contributed by atoms with van der Waals surface area (Å²) >= 11 is 6.70. The molecule has 17 aromatic heterocycles. The number of hydrogen-bond donors (Lipinski definition) is 2. The molecule has 0 amide bonds. The number of thiophene rings is 1. The highest BCUT2D eigenvalue weighted by Gasteiger charge is 2.12. The Bertz CT molecular complexity index is 5380. The van der Waals surface area contributed by atoms with Gasteiger partial charge in [-0.25, -0.2) is 64.8 Å². The van der Waals surface area contributed by atoms with Crippen molar-refractivity contribution < 1.29 is 4.42 Å². The topological polar surface area (TPSA) is 325 Å². The molecule has 19 rings (SSSR count). The van der Waals surface area contributed by atoms with E-state index in [0.717, 1.165) is 73.3 Å². The van der Waals surface area contributed by atoms with Gasteiger partial charge in [0.2, 0.25) is 0 Å².